The van der Waals surface area contributed by atoms with E-state index in [1.165, 1.54) is 6.08 Å². The average Bonchev–Trinajstić information content (AvgIpc) is 2.79. The molecule has 0 aliphatic heterocycles. The molecule has 0 atom stereocenters. The molecule has 0 radical (unpaired) electrons. The van der Waals surface area contributed by atoms with Crippen LogP contribution in [0.3, 0.4) is 0 Å². The number of anilines is 2. The third-order valence-electron chi connectivity index (χ3n) is 4.39. The number of ether oxygens (including phenoxy) is 1. The second-order valence-electron chi connectivity index (χ2n) is 6.68. The van der Waals surface area contributed by atoms with Gasteiger partial charge in [-0.05, 0) is 42.8 Å². The van der Waals surface area contributed by atoms with Gasteiger partial charge in [-0.25, -0.2) is 0 Å². The Morgan fingerprint density at radius 3 is 2.35 bits per heavy atom. The van der Waals surface area contributed by atoms with E-state index in [1.54, 1.807) is 48.5 Å². The van der Waals surface area contributed by atoms with Crippen LogP contribution in [0.25, 0.3) is 6.08 Å². The summed E-state index contributed by atoms with van der Waals surface area (Å²) in [5.41, 5.74) is 2.69. The number of aryl methyl sites for hydroxylation is 1. The van der Waals surface area contributed by atoms with Gasteiger partial charge in [0.15, 0.2) is 6.61 Å². The molecule has 0 fully saturated rings. The summed E-state index contributed by atoms with van der Waals surface area (Å²) in [6.45, 7) is 1.69. The summed E-state index contributed by atoms with van der Waals surface area (Å²) < 4.78 is 5.66. The highest BCUT2D eigenvalue weighted by Gasteiger charge is 2.12. The zero-order valence-electron chi connectivity index (χ0n) is 17.0. The van der Waals surface area contributed by atoms with Gasteiger partial charge in [0.25, 0.3) is 11.8 Å². The Morgan fingerprint density at radius 2 is 1.61 bits per heavy atom. The largest absolute Gasteiger partial charge is 0.483 e. The number of para-hydroxylation sites is 3. The fourth-order valence-corrected chi connectivity index (χ4v) is 2.80. The number of amides is 2. The van der Waals surface area contributed by atoms with Crippen molar-refractivity contribution in [1.82, 2.24) is 0 Å². The molecule has 0 saturated carbocycles. The van der Waals surface area contributed by atoms with Crippen LogP contribution in [-0.4, -0.2) is 18.4 Å². The summed E-state index contributed by atoms with van der Waals surface area (Å²) in [4.78, 5) is 24.7. The number of nitrogens with one attached hydrogen (secondary N) is 2. The van der Waals surface area contributed by atoms with E-state index in [0.29, 0.717) is 22.7 Å². The minimum absolute atomic E-state index is 0.0794. The molecule has 3 aromatic rings. The van der Waals surface area contributed by atoms with Gasteiger partial charge in [0, 0.05) is 16.9 Å². The lowest BCUT2D eigenvalue weighted by molar-refractivity contribution is -0.118. The normalized spacial score (nSPS) is 10.6. The molecular formula is C25H21N3O3. The Morgan fingerprint density at radius 1 is 0.935 bits per heavy atom. The van der Waals surface area contributed by atoms with Crippen LogP contribution in [0.1, 0.15) is 11.1 Å². The van der Waals surface area contributed by atoms with Gasteiger partial charge in [0.05, 0.1) is 0 Å². The van der Waals surface area contributed by atoms with Gasteiger partial charge in [0.2, 0.25) is 0 Å². The van der Waals surface area contributed by atoms with Gasteiger partial charge >= 0.3 is 0 Å². The molecule has 0 spiro atoms. The molecule has 2 N–H and O–H groups in total. The molecule has 154 valence electrons. The van der Waals surface area contributed by atoms with Crippen LogP contribution in [0.2, 0.25) is 0 Å². The SMILES string of the molecule is Cc1ccccc1NC(=O)COc1ccccc1/C=C(\C#N)C(=O)Nc1ccccc1. The zero-order chi connectivity index (χ0) is 22.1. The van der Waals surface area contributed by atoms with Gasteiger partial charge in [-0.2, -0.15) is 5.26 Å². The molecule has 2 amide bonds. The Labute approximate surface area is 180 Å². The summed E-state index contributed by atoms with van der Waals surface area (Å²) in [6.07, 6.45) is 1.44. The van der Waals surface area contributed by atoms with E-state index in [9.17, 15) is 14.9 Å². The van der Waals surface area contributed by atoms with E-state index in [1.807, 2.05) is 43.3 Å². The summed E-state index contributed by atoms with van der Waals surface area (Å²) in [7, 11) is 0. The number of rotatable bonds is 7. The summed E-state index contributed by atoms with van der Waals surface area (Å²) in [5, 5.41) is 14.9. The lowest BCUT2D eigenvalue weighted by Crippen LogP contribution is -2.20. The zero-order valence-corrected chi connectivity index (χ0v) is 17.0. The predicted octanol–water partition coefficient (Wildman–Crippen LogP) is 4.56. The van der Waals surface area contributed by atoms with E-state index in [-0.39, 0.29) is 18.1 Å². The first-order chi connectivity index (χ1) is 15.1. The number of nitrogens with zero attached hydrogens (tertiary/aromatic N) is 1. The van der Waals surface area contributed by atoms with Crippen molar-refractivity contribution >= 4 is 29.3 Å². The summed E-state index contributed by atoms with van der Waals surface area (Å²) in [5.74, 6) is -0.445. The van der Waals surface area contributed by atoms with E-state index < -0.39 is 5.91 Å². The standard InChI is InChI=1S/C25H21N3O3/c1-18-9-5-7-13-22(18)28-24(29)17-31-23-14-8-6-10-19(23)15-20(16-26)25(30)27-21-11-3-2-4-12-21/h2-15H,17H2,1H3,(H,27,30)(H,28,29)/b20-15+. The molecule has 6 nitrogen and oxygen atoms in total. The number of hydrogen-bond donors (Lipinski definition) is 2. The molecule has 31 heavy (non-hydrogen) atoms. The molecule has 0 unspecified atom stereocenters. The summed E-state index contributed by atoms with van der Waals surface area (Å²) in [6, 6.07) is 25.1. The van der Waals surface area contributed by atoms with Gasteiger partial charge in [-0.1, -0.05) is 54.6 Å². The van der Waals surface area contributed by atoms with Crippen molar-refractivity contribution < 1.29 is 14.3 Å². The fourth-order valence-electron chi connectivity index (χ4n) is 2.80. The van der Waals surface area contributed by atoms with Crippen LogP contribution in [0, 0.1) is 18.3 Å². The first-order valence-electron chi connectivity index (χ1n) is 9.62. The number of benzene rings is 3. The molecular weight excluding hydrogens is 390 g/mol. The van der Waals surface area contributed by atoms with Crippen molar-refractivity contribution in [2.24, 2.45) is 0 Å². The van der Waals surface area contributed by atoms with Crippen LogP contribution < -0.4 is 15.4 Å². The van der Waals surface area contributed by atoms with Crippen LogP contribution in [0.15, 0.2) is 84.4 Å². The van der Waals surface area contributed by atoms with Crippen molar-refractivity contribution in [1.29, 1.82) is 5.26 Å². The van der Waals surface area contributed by atoms with Crippen LogP contribution in [0.4, 0.5) is 11.4 Å². The lowest BCUT2D eigenvalue weighted by atomic mass is 10.1. The van der Waals surface area contributed by atoms with Crippen molar-refractivity contribution in [3.63, 3.8) is 0 Å². The highest BCUT2D eigenvalue weighted by molar-refractivity contribution is 6.09. The molecule has 0 aliphatic rings. The van der Waals surface area contributed by atoms with Crippen LogP contribution in [-0.2, 0) is 9.59 Å². The maximum atomic E-state index is 12.5. The highest BCUT2D eigenvalue weighted by atomic mass is 16.5. The van der Waals surface area contributed by atoms with E-state index in [0.717, 1.165) is 5.56 Å². The average molecular weight is 411 g/mol. The highest BCUT2D eigenvalue weighted by Crippen LogP contribution is 2.22. The topological polar surface area (TPSA) is 91.2 Å². The molecule has 0 aliphatic carbocycles. The third kappa shape index (κ3) is 6.05. The Hall–Kier alpha value is -4.37. The van der Waals surface area contributed by atoms with Gasteiger partial charge in [-0.3, -0.25) is 9.59 Å². The minimum atomic E-state index is -0.527. The number of nitriles is 1. The van der Waals surface area contributed by atoms with Crippen molar-refractivity contribution in [3.05, 3.63) is 95.6 Å². The first kappa shape index (κ1) is 21.3. The lowest BCUT2D eigenvalue weighted by Gasteiger charge is -2.11. The molecule has 0 aromatic heterocycles. The van der Waals surface area contributed by atoms with Crippen molar-refractivity contribution in [3.8, 4) is 11.8 Å². The van der Waals surface area contributed by atoms with Gasteiger partial charge in [-0.15, -0.1) is 0 Å². The van der Waals surface area contributed by atoms with Crippen molar-refractivity contribution in [2.75, 3.05) is 17.2 Å². The first-order valence-corrected chi connectivity index (χ1v) is 9.62. The number of carbonyl (C=O) groups excluding carboxylic acids is 2. The quantitative estimate of drug-likeness (QED) is 0.440. The molecule has 6 heteroatoms. The van der Waals surface area contributed by atoms with Gasteiger partial charge < -0.3 is 15.4 Å². The maximum absolute atomic E-state index is 12.5. The van der Waals surface area contributed by atoms with Gasteiger partial charge in [0.1, 0.15) is 17.4 Å². The van der Waals surface area contributed by atoms with Crippen LogP contribution >= 0.6 is 0 Å². The summed E-state index contributed by atoms with van der Waals surface area (Å²) >= 11 is 0. The Balaban J connectivity index is 1.70. The second-order valence-corrected chi connectivity index (χ2v) is 6.68. The van der Waals surface area contributed by atoms with E-state index in [2.05, 4.69) is 10.6 Å². The number of carbonyl (C=O) groups is 2. The predicted molar refractivity (Wildman–Crippen MR) is 120 cm³/mol. The molecule has 3 aromatic carbocycles. The smallest absolute Gasteiger partial charge is 0.266 e. The molecule has 0 saturated heterocycles. The fraction of sp³-hybridized carbons (Fsp3) is 0.0800. The van der Waals surface area contributed by atoms with E-state index >= 15 is 0 Å². The third-order valence-corrected chi connectivity index (χ3v) is 4.39. The molecule has 0 heterocycles. The number of hydrogen-bond acceptors (Lipinski definition) is 4. The second kappa shape index (κ2) is 10.4. The monoisotopic (exact) mass is 411 g/mol. The van der Waals surface area contributed by atoms with Crippen LogP contribution in [0.5, 0.6) is 5.75 Å². The molecule has 3 rings (SSSR count). The minimum Gasteiger partial charge on any atom is -0.483 e. The van der Waals surface area contributed by atoms with E-state index in [4.69, 9.17) is 4.74 Å². The maximum Gasteiger partial charge on any atom is 0.266 e. The Bertz CT molecular complexity index is 1150. The Kier molecular flexibility index (Phi) is 7.17. The molecule has 0 bridgehead atoms. The van der Waals surface area contributed by atoms with Crippen molar-refractivity contribution in [2.45, 2.75) is 6.92 Å².